The van der Waals surface area contributed by atoms with Crippen LogP contribution in [-0.2, 0) is 8.67 Å². The van der Waals surface area contributed by atoms with Crippen molar-refractivity contribution in [3.05, 3.63) is 33.4 Å². The van der Waals surface area contributed by atoms with Crippen molar-refractivity contribution < 1.29 is 11.8 Å². The summed E-state index contributed by atoms with van der Waals surface area (Å²) in [7, 11) is 0. The van der Waals surface area contributed by atoms with Crippen molar-refractivity contribution in [2.24, 2.45) is 0 Å². The van der Waals surface area contributed by atoms with Gasteiger partial charge in [0.05, 0.1) is 0 Å². The molecule has 0 amide bonds. The van der Waals surface area contributed by atoms with Crippen LogP contribution in [0.4, 0.5) is 8.78 Å². The predicted octanol–water partition coefficient (Wildman–Crippen LogP) is 3.77. The van der Waals surface area contributed by atoms with Gasteiger partial charge in [-0.3, -0.25) is 0 Å². The van der Waals surface area contributed by atoms with Crippen LogP contribution in [0.3, 0.4) is 0 Å². The van der Waals surface area contributed by atoms with Gasteiger partial charge < -0.3 is 0 Å². The molecule has 1 aliphatic rings. The first-order valence-electron chi connectivity index (χ1n) is 4.28. The summed E-state index contributed by atoms with van der Waals surface area (Å²) < 4.78 is 29.4. The van der Waals surface area contributed by atoms with Crippen LogP contribution in [0.25, 0.3) is 0 Å². The second-order valence-corrected chi connectivity index (χ2v) is 7.71. The van der Waals surface area contributed by atoms with E-state index >= 15 is 0 Å². The molecule has 4 heteroatoms. The fraction of sp³-hybridized carbons (Fsp3) is 0.400. The first-order valence-corrected chi connectivity index (χ1v) is 7.48. The zero-order valence-electron chi connectivity index (χ0n) is 7.93. The molecule has 1 heterocycles. The molecule has 0 N–H and O–H groups in total. The summed E-state index contributed by atoms with van der Waals surface area (Å²) in [5.41, 5.74) is 0.406. The maximum absolute atomic E-state index is 12.7. The number of fused-ring (bicyclic) bond motifs is 1. The first-order chi connectivity index (χ1) is 6.52. The monoisotopic (exact) mass is 312 g/mol. The average molecular weight is 312 g/mol. The fourth-order valence-electron chi connectivity index (χ4n) is 1.53. The molecule has 0 saturated carbocycles. The third-order valence-electron chi connectivity index (χ3n) is 2.15. The van der Waals surface area contributed by atoms with Crippen molar-refractivity contribution in [1.82, 2.24) is 0 Å². The quantitative estimate of drug-likeness (QED) is 0.567. The molecule has 0 saturated heterocycles. The van der Waals surface area contributed by atoms with Crippen molar-refractivity contribution in [3.63, 3.8) is 0 Å². The SMILES string of the molecule is CC1(C)OI(C(F)F)c2ccccc21. The summed E-state index contributed by atoms with van der Waals surface area (Å²) >= 11 is -2.69. The van der Waals surface area contributed by atoms with Crippen LogP contribution in [0, 0.1) is 3.57 Å². The van der Waals surface area contributed by atoms with E-state index in [1.807, 2.05) is 26.0 Å². The fourth-order valence-corrected chi connectivity index (χ4v) is 5.85. The Labute approximate surface area is 89.4 Å². The molecule has 0 aliphatic carbocycles. The number of halogens is 3. The Morgan fingerprint density at radius 2 is 1.93 bits per heavy atom. The minimum absolute atomic E-state index is 0.530. The van der Waals surface area contributed by atoms with Crippen LogP contribution in [0.1, 0.15) is 19.4 Å². The number of hydrogen-bond donors (Lipinski definition) is 0. The molecular weight excluding hydrogens is 301 g/mol. The molecule has 0 spiro atoms. The van der Waals surface area contributed by atoms with Gasteiger partial charge in [-0.2, -0.15) is 0 Å². The van der Waals surface area contributed by atoms with E-state index in [1.165, 1.54) is 0 Å². The van der Waals surface area contributed by atoms with Gasteiger partial charge in [-0.15, -0.1) is 0 Å². The van der Waals surface area contributed by atoms with E-state index in [-0.39, 0.29) is 0 Å². The Balaban J connectivity index is 2.49. The van der Waals surface area contributed by atoms with Crippen LogP contribution in [0.5, 0.6) is 0 Å². The topological polar surface area (TPSA) is 9.23 Å². The maximum atomic E-state index is 12.7. The van der Waals surface area contributed by atoms with E-state index in [0.29, 0.717) is 0 Å². The Morgan fingerprint density at radius 3 is 2.57 bits per heavy atom. The minimum atomic E-state index is -2.69. The van der Waals surface area contributed by atoms with Gasteiger partial charge in [0.1, 0.15) is 0 Å². The number of alkyl halides is 3. The standard InChI is InChI=1S/C10H11F2IO/c1-10(2)7-5-3-4-6-8(7)13(14-10)9(11)12/h3-6,9H,1-2H3. The molecule has 14 heavy (non-hydrogen) atoms. The van der Waals surface area contributed by atoms with Gasteiger partial charge in [0.2, 0.25) is 0 Å². The second-order valence-electron chi connectivity index (χ2n) is 3.59. The van der Waals surface area contributed by atoms with E-state index in [0.717, 1.165) is 9.13 Å². The third-order valence-corrected chi connectivity index (χ3v) is 6.67. The molecule has 0 radical (unpaired) electrons. The Hall–Kier alpha value is -0.230. The van der Waals surface area contributed by atoms with Crippen molar-refractivity contribution in [2.45, 2.75) is 23.9 Å². The summed E-state index contributed by atoms with van der Waals surface area (Å²) in [5, 5.41) is 0. The van der Waals surface area contributed by atoms with E-state index in [9.17, 15) is 8.78 Å². The first kappa shape index (κ1) is 10.3. The van der Waals surface area contributed by atoms with Crippen LogP contribution < -0.4 is 0 Å². The summed E-state index contributed by atoms with van der Waals surface area (Å²) in [6.07, 6.45) is 0. The van der Waals surface area contributed by atoms with Gasteiger partial charge in [-0.25, -0.2) is 0 Å². The molecule has 1 aliphatic heterocycles. The van der Waals surface area contributed by atoms with Gasteiger partial charge in [-0.05, 0) is 0 Å². The van der Waals surface area contributed by atoms with E-state index < -0.39 is 30.3 Å². The van der Waals surface area contributed by atoms with Gasteiger partial charge in [0.25, 0.3) is 0 Å². The Morgan fingerprint density at radius 1 is 1.29 bits per heavy atom. The van der Waals surface area contributed by atoms with Crippen LogP contribution in [0.2, 0.25) is 0 Å². The van der Waals surface area contributed by atoms with Crippen LogP contribution >= 0.6 is 20.2 Å². The molecule has 0 fully saturated rings. The van der Waals surface area contributed by atoms with Crippen molar-refractivity contribution in [3.8, 4) is 0 Å². The molecule has 1 nitrogen and oxygen atoms in total. The molecule has 1 aromatic rings. The van der Waals surface area contributed by atoms with Crippen molar-refractivity contribution >= 4 is 20.2 Å². The Bertz CT molecular complexity index is 352. The summed E-state index contributed by atoms with van der Waals surface area (Å²) in [6, 6.07) is 7.34. The summed E-state index contributed by atoms with van der Waals surface area (Å²) in [5.74, 6) is 0. The molecule has 0 unspecified atom stereocenters. The van der Waals surface area contributed by atoms with Crippen LogP contribution in [-0.4, -0.2) is 4.43 Å². The molecule has 2 rings (SSSR count). The zero-order valence-corrected chi connectivity index (χ0v) is 10.1. The van der Waals surface area contributed by atoms with E-state index in [1.54, 1.807) is 12.1 Å². The van der Waals surface area contributed by atoms with Gasteiger partial charge in [-0.1, -0.05) is 0 Å². The molecule has 78 valence electrons. The molecule has 1 aromatic carbocycles. The van der Waals surface area contributed by atoms with Crippen LogP contribution in [0.15, 0.2) is 24.3 Å². The van der Waals surface area contributed by atoms with E-state index in [4.69, 9.17) is 3.07 Å². The van der Waals surface area contributed by atoms with E-state index in [2.05, 4.69) is 0 Å². The normalized spacial score (nSPS) is 21.4. The second kappa shape index (κ2) is 3.41. The van der Waals surface area contributed by atoms with Crippen molar-refractivity contribution in [1.29, 1.82) is 0 Å². The van der Waals surface area contributed by atoms with Gasteiger partial charge in [0.15, 0.2) is 0 Å². The molecule has 0 atom stereocenters. The Kier molecular flexibility index (Phi) is 2.51. The molecule has 0 aromatic heterocycles. The van der Waals surface area contributed by atoms with Gasteiger partial charge in [0, 0.05) is 0 Å². The molecular formula is C10H11F2IO. The summed E-state index contributed by atoms with van der Waals surface area (Å²) in [4.78, 5) is 0. The van der Waals surface area contributed by atoms with Crippen molar-refractivity contribution in [2.75, 3.05) is 0 Å². The summed E-state index contributed by atoms with van der Waals surface area (Å²) in [6.45, 7) is 3.71. The number of rotatable bonds is 1. The number of hydrogen-bond acceptors (Lipinski definition) is 1. The third kappa shape index (κ3) is 1.54. The molecule has 0 bridgehead atoms. The zero-order chi connectivity index (χ0) is 10.3. The predicted molar refractivity (Wildman–Crippen MR) is 59.3 cm³/mol. The van der Waals surface area contributed by atoms with Gasteiger partial charge >= 0.3 is 89.4 Å². The number of benzene rings is 1. The average Bonchev–Trinajstić information content (AvgIpc) is 2.40.